The zero-order chi connectivity index (χ0) is 11.5. The van der Waals surface area contributed by atoms with Crippen molar-refractivity contribution < 1.29 is 5.11 Å². The van der Waals surface area contributed by atoms with E-state index in [0.29, 0.717) is 17.7 Å². The van der Waals surface area contributed by atoms with Gasteiger partial charge in [0.05, 0.1) is 0 Å². The second-order valence-corrected chi connectivity index (χ2v) is 4.82. The van der Waals surface area contributed by atoms with Crippen LogP contribution >= 0.6 is 0 Å². The van der Waals surface area contributed by atoms with Gasteiger partial charge in [-0.3, -0.25) is 0 Å². The Bertz CT molecular complexity index is 348. The molecular weight excluding hydrogens is 200 g/mol. The lowest BCUT2D eigenvalue weighted by Gasteiger charge is -2.37. The van der Waals surface area contributed by atoms with E-state index in [9.17, 15) is 5.11 Å². The summed E-state index contributed by atoms with van der Waals surface area (Å²) in [5.41, 5.74) is 1.19. The molecule has 1 saturated heterocycles. The lowest BCUT2D eigenvalue weighted by Crippen LogP contribution is -2.56. The summed E-state index contributed by atoms with van der Waals surface area (Å²) in [6.45, 7) is 5.45. The lowest BCUT2D eigenvalue weighted by atomic mass is 10.00. The first-order valence-electron chi connectivity index (χ1n) is 5.86. The van der Waals surface area contributed by atoms with Crippen molar-refractivity contribution in [3.63, 3.8) is 0 Å². The fraction of sp³-hybridized carbons (Fsp3) is 0.538. The van der Waals surface area contributed by atoms with E-state index in [1.54, 1.807) is 6.07 Å². The molecule has 0 aromatic heterocycles. The van der Waals surface area contributed by atoms with E-state index in [1.807, 2.05) is 12.1 Å². The highest BCUT2D eigenvalue weighted by atomic mass is 16.3. The fourth-order valence-corrected chi connectivity index (χ4v) is 2.12. The van der Waals surface area contributed by atoms with Crippen molar-refractivity contribution in [1.82, 2.24) is 10.2 Å². The van der Waals surface area contributed by atoms with Gasteiger partial charge in [0, 0.05) is 25.7 Å². The van der Waals surface area contributed by atoms with Crippen molar-refractivity contribution >= 4 is 0 Å². The quantitative estimate of drug-likeness (QED) is 0.805. The molecule has 1 heterocycles. The summed E-state index contributed by atoms with van der Waals surface area (Å²) in [6, 6.07) is 8.17. The monoisotopic (exact) mass is 220 g/mol. The fourth-order valence-electron chi connectivity index (χ4n) is 2.12. The summed E-state index contributed by atoms with van der Waals surface area (Å²) in [7, 11) is 2.14. The Labute approximate surface area is 97.1 Å². The molecule has 0 amide bonds. The average Bonchev–Trinajstić information content (AvgIpc) is 2.22. The third kappa shape index (κ3) is 2.74. The average molecular weight is 220 g/mol. The van der Waals surface area contributed by atoms with Crippen LogP contribution in [0.3, 0.4) is 0 Å². The molecule has 1 aromatic rings. The maximum atomic E-state index is 9.40. The molecule has 1 atom stereocenters. The number of phenols is 1. The van der Waals surface area contributed by atoms with Crippen LogP contribution in [0.25, 0.3) is 0 Å². The number of hydrogen-bond donors (Lipinski definition) is 2. The molecule has 88 valence electrons. The topological polar surface area (TPSA) is 35.5 Å². The SMILES string of the molecule is CC(CNC1CN(C)C1)c1cccc(O)c1. The summed E-state index contributed by atoms with van der Waals surface area (Å²) in [4.78, 5) is 2.30. The highest BCUT2D eigenvalue weighted by Gasteiger charge is 2.22. The Kier molecular flexibility index (Phi) is 3.46. The molecule has 0 bridgehead atoms. The zero-order valence-corrected chi connectivity index (χ0v) is 9.98. The first-order valence-corrected chi connectivity index (χ1v) is 5.86. The van der Waals surface area contributed by atoms with Gasteiger partial charge in [-0.1, -0.05) is 19.1 Å². The first kappa shape index (κ1) is 11.4. The van der Waals surface area contributed by atoms with Crippen LogP contribution in [0.2, 0.25) is 0 Å². The van der Waals surface area contributed by atoms with E-state index in [-0.39, 0.29) is 0 Å². The highest BCUT2D eigenvalue weighted by molar-refractivity contribution is 5.29. The van der Waals surface area contributed by atoms with E-state index in [0.717, 1.165) is 19.6 Å². The first-order chi connectivity index (χ1) is 7.65. The maximum absolute atomic E-state index is 9.40. The van der Waals surface area contributed by atoms with Crippen LogP contribution in [0.1, 0.15) is 18.4 Å². The van der Waals surface area contributed by atoms with E-state index in [1.165, 1.54) is 5.56 Å². The minimum absolute atomic E-state index is 0.354. The molecule has 0 spiro atoms. The summed E-state index contributed by atoms with van der Waals surface area (Å²) in [6.07, 6.45) is 0. The Morgan fingerprint density at radius 2 is 2.25 bits per heavy atom. The maximum Gasteiger partial charge on any atom is 0.115 e. The van der Waals surface area contributed by atoms with Crippen LogP contribution in [0.15, 0.2) is 24.3 Å². The third-order valence-corrected chi connectivity index (χ3v) is 3.22. The van der Waals surface area contributed by atoms with Crippen LogP contribution in [0.4, 0.5) is 0 Å². The molecule has 0 radical (unpaired) electrons. The molecule has 1 aromatic carbocycles. The number of benzene rings is 1. The second-order valence-electron chi connectivity index (χ2n) is 4.82. The Balaban J connectivity index is 1.81. The summed E-state index contributed by atoms with van der Waals surface area (Å²) >= 11 is 0. The minimum Gasteiger partial charge on any atom is -0.508 e. The van der Waals surface area contributed by atoms with E-state index in [2.05, 4.69) is 30.3 Å². The van der Waals surface area contributed by atoms with Crippen molar-refractivity contribution in [2.24, 2.45) is 0 Å². The molecule has 0 aliphatic carbocycles. The molecule has 1 aliphatic rings. The van der Waals surface area contributed by atoms with Crippen molar-refractivity contribution in [2.75, 3.05) is 26.7 Å². The normalized spacial score (nSPS) is 19.4. The van der Waals surface area contributed by atoms with Crippen LogP contribution in [0.5, 0.6) is 5.75 Å². The van der Waals surface area contributed by atoms with E-state index >= 15 is 0 Å². The van der Waals surface area contributed by atoms with Crippen LogP contribution < -0.4 is 5.32 Å². The number of aromatic hydroxyl groups is 1. The predicted molar refractivity (Wildman–Crippen MR) is 65.8 cm³/mol. The van der Waals surface area contributed by atoms with Gasteiger partial charge >= 0.3 is 0 Å². The van der Waals surface area contributed by atoms with E-state index in [4.69, 9.17) is 0 Å². The number of likely N-dealkylation sites (N-methyl/N-ethyl adjacent to an activating group) is 1. The van der Waals surface area contributed by atoms with Crippen molar-refractivity contribution in [3.8, 4) is 5.75 Å². The van der Waals surface area contributed by atoms with Gasteiger partial charge in [0.15, 0.2) is 0 Å². The summed E-state index contributed by atoms with van der Waals surface area (Å²) < 4.78 is 0. The molecular formula is C13H20N2O. The number of likely N-dealkylation sites (tertiary alicyclic amines) is 1. The number of phenolic OH excluding ortho intramolecular Hbond substituents is 1. The van der Waals surface area contributed by atoms with E-state index < -0.39 is 0 Å². The van der Waals surface area contributed by atoms with Crippen molar-refractivity contribution in [3.05, 3.63) is 29.8 Å². The van der Waals surface area contributed by atoms with Crippen molar-refractivity contribution in [1.29, 1.82) is 0 Å². The van der Waals surface area contributed by atoms with Gasteiger partial charge in [-0.2, -0.15) is 0 Å². The number of hydrogen-bond acceptors (Lipinski definition) is 3. The lowest BCUT2D eigenvalue weighted by molar-refractivity contribution is 0.161. The molecule has 0 saturated carbocycles. The summed E-state index contributed by atoms with van der Waals surface area (Å²) in [5, 5.41) is 12.9. The number of nitrogens with one attached hydrogen (secondary N) is 1. The van der Waals surface area contributed by atoms with Gasteiger partial charge in [0.1, 0.15) is 5.75 Å². The van der Waals surface area contributed by atoms with Crippen LogP contribution in [-0.4, -0.2) is 42.7 Å². The molecule has 3 nitrogen and oxygen atoms in total. The molecule has 16 heavy (non-hydrogen) atoms. The summed E-state index contributed by atoms with van der Waals surface area (Å²) in [5.74, 6) is 0.797. The molecule has 3 heteroatoms. The molecule has 2 N–H and O–H groups in total. The minimum atomic E-state index is 0.354. The van der Waals surface area contributed by atoms with Crippen LogP contribution in [0, 0.1) is 0 Å². The smallest absolute Gasteiger partial charge is 0.115 e. The van der Waals surface area contributed by atoms with Crippen molar-refractivity contribution in [2.45, 2.75) is 18.9 Å². The van der Waals surface area contributed by atoms with Crippen LogP contribution in [-0.2, 0) is 0 Å². The van der Waals surface area contributed by atoms with Gasteiger partial charge < -0.3 is 15.3 Å². The van der Waals surface area contributed by atoms with Gasteiger partial charge in [0.25, 0.3) is 0 Å². The third-order valence-electron chi connectivity index (χ3n) is 3.22. The highest BCUT2D eigenvalue weighted by Crippen LogP contribution is 2.19. The largest absolute Gasteiger partial charge is 0.508 e. The number of rotatable bonds is 4. The number of nitrogens with zero attached hydrogens (tertiary/aromatic N) is 1. The Morgan fingerprint density at radius 1 is 1.50 bits per heavy atom. The van der Waals surface area contributed by atoms with Gasteiger partial charge in [-0.05, 0) is 30.7 Å². The second kappa shape index (κ2) is 4.85. The standard InChI is InChI=1S/C13H20N2O/c1-10(7-14-12-8-15(2)9-12)11-4-3-5-13(16)6-11/h3-6,10,12,14,16H,7-9H2,1-2H3. The molecule has 1 fully saturated rings. The van der Waals surface area contributed by atoms with Gasteiger partial charge in [-0.15, -0.1) is 0 Å². The Hall–Kier alpha value is -1.06. The predicted octanol–water partition coefficient (Wildman–Crippen LogP) is 1.40. The Morgan fingerprint density at radius 3 is 2.88 bits per heavy atom. The molecule has 1 unspecified atom stereocenters. The molecule has 1 aliphatic heterocycles. The van der Waals surface area contributed by atoms with Gasteiger partial charge in [0.2, 0.25) is 0 Å². The molecule has 2 rings (SSSR count). The zero-order valence-electron chi connectivity index (χ0n) is 9.98. The van der Waals surface area contributed by atoms with Gasteiger partial charge in [-0.25, -0.2) is 0 Å².